The Morgan fingerprint density at radius 2 is 1.13 bits per heavy atom. The Morgan fingerprint density at radius 1 is 0.638 bits per heavy atom. The van der Waals surface area contributed by atoms with Crippen molar-refractivity contribution in [2.45, 2.75) is 192 Å². The molecule has 0 aromatic heterocycles. The number of rotatable bonds is 30. The number of unbranched alkanes of at least 4 members (excludes halogenated alkanes) is 17. The molecule has 0 aromatic carbocycles. The Balaban J connectivity index is 2.39. The van der Waals surface area contributed by atoms with Crippen LogP contribution in [0.5, 0.6) is 0 Å². The van der Waals surface area contributed by atoms with Crippen LogP contribution in [0.25, 0.3) is 0 Å². The van der Waals surface area contributed by atoms with Gasteiger partial charge in [-0.15, -0.1) is 0 Å². The van der Waals surface area contributed by atoms with E-state index in [1.807, 2.05) is 0 Å². The Bertz CT molecular complexity index is 789. The van der Waals surface area contributed by atoms with Crippen LogP contribution in [0.4, 0.5) is 0 Å². The van der Waals surface area contributed by atoms with E-state index in [0.29, 0.717) is 6.42 Å². The highest BCUT2D eigenvalue weighted by Gasteiger charge is 2.44. The molecule has 1 aliphatic rings. The number of esters is 2. The van der Waals surface area contributed by atoms with Crippen molar-refractivity contribution < 1.29 is 49.0 Å². The lowest BCUT2D eigenvalue weighted by Crippen LogP contribution is -2.59. The Kier molecular flexibility index (Phi) is 27.2. The molecule has 47 heavy (non-hydrogen) atoms. The molecule has 1 rings (SSSR count). The van der Waals surface area contributed by atoms with E-state index in [1.165, 1.54) is 64.2 Å². The number of carbonyl (C=O) groups excluding carboxylic acids is 2. The third-order valence-corrected chi connectivity index (χ3v) is 8.65. The quantitative estimate of drug-likeness (QED) is 0.0381. The van der Waals surface area contributed by atoms with Gasteiger partial charge in [-0.05, 0) is 38.5 Å². The minimum absolute atomic E-state index is 0.217. The van der Waals surface area contributed by atoms with Gasteiger partial charge < -0.3 is 39.4 Å². The number of ether oxygens (including phenoxy) is 4. The lowest BCUT2D eigenvalue weighted by Gasteiger charge is -2.39. The standard InChI is InChI=1S/C37H68O10/c1-3-5-7-9-11-12-13-14-15-16-17-18-20-22-24-26-33(40)46-30(28-44-32(39)25-23-21-19-10-8-6-4-2)29-45-37-36(43)35(42)34(41)31(27-38)47-37/h14-15,30-31,34-38,41-43H,3-13,16-29H2,1-2H3/b15-14-/t30?,31-,34+,35+,36-,37-/m1/s1. The molecule has 1 fully saturated rings. The number of hydrogen-bond donors (Lipinski definition) is 4. The highest BCUT2D eigenvalue weighted by molar-refractivity contribution is 5.70. The maximum absolute atomic E-state index is 12.6. The van der Waals surface area contributed by atoms with E-state index in [0.717, 1.165) is 57.8 Å². The molecule has 0 saturated carbocycles. The zero-order valence-corrected chi connectivity index (χ0v) is 29.5. The first-order valence-corrected chi connectivity index (χ1v) is 18.8. The summed E-state index contributed by atoms with van der Waals surface area (Å²) in [5.74, 6) is -0.821. The molecule has 10 heteroatoms. The van der Waals surface area contributed by atoms with Crippen LogP contribution in [0, 0.1) is 0 Å². The zero-order chi connectivity index (χ0) is 34.5. The second-order valence-electron chi connectivity index (χ2n) is 13.0. The van der Waals surface area contributed by atoms with Gasteiger partial charge in [0.1, 0.15) is 31.0 Å². The van der Waals surface area contributed by atoms with E-state index < -0.39 is 49.4 Å². The molecule has 4 N–H and O–H groups in total. The minimum Gasteiger partial charge on any atom is -0.462 e. The first-order chi connectivity index (χ1) is 22.8. The normalized spacial score (nSPS) is 22.0. The third kappa shape index (κ3) is 21.9. The molecule has 0 amide bonds. The zero-order valence-electron chi connectivity index (χ0n) is 29.5. The summed E-state index contributed by atoms with van der Waals surface area (Å²) in [6, 6.07) is 0. The first-order valence-electron chi connectivity index (χ1n) is 18.8. The second kappa shape index (κ2) is 29.4. The van der Waals surface area contributed by atoms with E-state index >= 15 is 0 Å². The average Bonchev–Trinajstić information content (AvgIpc) is 3.06. The van der Waals surface area contributed by atoms with Gasteiger partial charge in [0.05, 0.1) is 13.2 Å². The van der Waals surface area contributed by atoms with Crippen molar-refractivity contribution in [3.05, 3.63) is 12.2 Å². The fourth-order valence-corrected chi connectivity index (χ4v) is 5.59. The van der Waals surface area contributed by atoms with Crippen LogP contribution < -0.4 is 0 Å². The molecule has 0 aliphatic carbocycles. The van der Waals surface area contributed by atoms with Gasteiger partial charge >= 0.3 is 11.9 Å². The number of carbonyl (C=O) groups is 2. The Morgan fingerprint density at radius 3 is 1.66 bits per heavy atom. The second-order valence-corrected chi connectivity index (χ2v) is 13.0. The molecule has 1 heterocycles. The van der Waals surface area contributed by atoms with Crippen LogP contribution in [0.3, 0.4) is 0 Å². The summed E-state index contributed by atoms with van der Waals surface area (Å²) in [6.07, 6.45) is 19.6. The lowest BCUT2D eigenvalue weighted by molar-refractivity contribution is -0.305. The van der Waals surface area contributed by atoms with Crippen LogP contribution in [0.15, 0.2) is 12.2 Å². The topological polar surface area (TPSA) is 152 Å². The number of hydrogen-bond acceptors (Lipinski definition) is 10. The van der Waals surface area contributed by atoms with Gasteiger partial charge in [-0.3, -0.25) is 9.59 Å². The molecular weight excluding hydrogens is 604 g/mol. The molecule has 0 radical (unpaired) electrons. The van der Waals surface area contributed by atoms with E-state index in [4.69, 9.17) is 18.9 Å². The molecule has 1 aliphatic heterocycles. The van der Waals surface area contributed by atoms with Crippen molar-refractivity contribution in [3.63, 3.8) is 0 Å². The fourth-order valence-electron chi connectivity index (χ4n) is 5.59. The van der Waals surface area contributed by atoms with Gasteiger partial charge in [0.2, 0.25) is 0 Å². The molecule has 6 atom stereocenters. The molecule has 276 valence electrons. The summed E-state index contributed by atoms with van der Waals surface area (Å²) in [5, 5.41) is 39.8. The van der Waals surface area contributed by atoms with Crippen LogP contribution in [0.2, 0.25) is 0 Å². The summed E-state index contributed by atoms with van der Waals surface area (Å²) in [5.41, 5.74) is 0. The summed E-state index contributed by atoms with van der Waals surface area (Å²) in [4.78, 5) is 25.0. The minimum atomic E-state index is -1.59. The van der Waals surface area contributed by atoms with Gasteiger partial charge in [-0.2, -0.15) is 0 Å². The van der Waals surface area contributed by atoms with Gasteiger partial charge in [0.15, 0.2) is 12.4 Å². The summed E-state index contributed by atoms with van der Waals surface area (Å²) < 4.78 is 22.0. The summed E-state index contributed by atoms with van der Waals surface area (Å²) >= 11 is 0. The fraction of sp³-hybridized carbons (Fsp3) is 0.892. The molecule has 1 unspecified atom stereocenters. The monoisotopic (exact) mass is 672 g/mol. The predicted molar refractivity (Wildman–Crippen MR) is 183 cm³/mol. The average molecular weight is 673 g/mol. The number of aliphatic hydroxyl groups is 4. The highest BCUT2D eigenvalue weighted by Crippen LogP contribution is 2.22. The van der Waals surface area contributed by atoms with Crippen LogP contribution in [0.1, 0.15) is 155 Å². The SMILES string of the molecule is CCCCCCCC/C=C\CCCCCCCC(=O)OC(COC(=O)CCCCCCCCC)CO[C@@H]1O[C@H](CO)[C@H](O)[C@H](O)[C@H]1O. The summed E-state index contributed by atoms with van der Waals surface area (Å²) in [6.45, 7) is 3.34. The van der Waals surface area contributed by atoms with Crippen molar-refractivity contribution in [3.8, 4) is 0 Å². The van der Waals surface area contributed by atoms with Gasteiger partial charge in [0.25, 0.3) is 0 Å². The Hall–Kier alpha value is -1.56. The number of aliphatic hydroxyl groups excluding tert-OH is 4. The van der Waals surface area contributed by atoms with Gasteiger partial charge in [0, 0.05) is 12.8 Å². The van der Waals surface area contributed by atoms with Gasteiger partial charge in [-0.1, -0.05) is 116 Å². The van der Waals surface area contributed by atoms with Crippen molar-refractivity contribution >= 4 is 11.9 Å². The smallest absolute Gasteiger partial charge is 0.306 e. The van der Waals surface area contributed by atoms with Crippen LogP contribution in [-0.2, 0) is 28.5 Å². The van der Waals surface area contributed by atoms with Crippen LogP contribution in [-0.4, -0.2) is 89.0 Å². The molecule has 0 bridgehead atoms. The lowest BCUT2D eigenvalue weighted by atomic mass is 9.99. The highest BCUT2D eigenvalue weighted by atomic mass is 16.7. The largest absolute Gasteiger partial charge is 0.462 e. The third-order valence-electron chi connectivity index (χ3n) is 8.65. The maximum Gasteiger partial charge on any atom is 0.306 e. The Labute approximate surface area is 284 Å². The van der Waals surface area contributed by atoms with E-state index in [2.05, 4.69) is 26.0 Å². The molecular formula is C37H68O10. The van der Waals surface area contributed by atoms with Crippen LogP contribution >= 0.6 is 0 Å². The predicted octanol–water partition coefficient (Wildman–Crippen LogP) is 6.44. The molecule has 0 aromatic rings. The number of allylic oxidation sites excluding steroid dienone is 2. The maximum atomic E-state index is 12.6. The molecule has 0 spiro atoms. The first kappa shape index (κ1) is 43.5. The van der Waals surface area contributed by atoms with Gasteiger partial charge in [-0.25, -0.2) is 0 Å². The summed E-state index contributed by atoms with van der Waals surface area (Å²) in [7, 11) is 0. The van der Waals surface area contributed by atoms with Crippen molar-refractivity contribution in [1.82, 2.24) is 0 Å². The van der Waals surface area contributed by atoms with Crippen molar-refractivity contribution in [1.29, 1.82) is 0 Å². The van der Waals surface area contributed by atoms with Crippen molar-refractivity contribution in [2.24, 2.45) is 0 Å². The van der Waals surface area contributed by atoms with Crippen molar-refractivity contribution in [2.75, 3.05) is 19.8 Å². The van der Waals surface area contributed by atoms with E-state index in [9.17, 15) is 30.0 Å². The van der Waals surface area contributed by atoms with E-state index in [-0.39, 0.29) is 32.0 Å². The molecule has 10 nitrogen and oxygen atoms in total. The van der Waals surface area contributed by atoms with E-state index in [1.54, 1.807) is 0 Å². The molecule has 1 saturated heterocycles.